The Balaban J connectivity index is 0. The summed E-state index contributed by atoms with van der Waals surface area (Å²) < 4.78 is 0. The van der Waals surface area contributed by atoms with E-state index in [-0.39, 0.29) is 0 Å². The molecule has 0 aromatic rings. The molecule has 1 unspecified atom stereocenters. The van der Waals surface area contributed by atoms with Crippen LogP contribution in [0, 0.1) is 0 Å². The Morgan fingerprint density at radius 2 is 1.10 bits per heavy atom. The molecule has 2 nitrogen and oxygen atoms in total. The Kier molecular flexibility index (Phi) is 23.6. The van der Waals surface area contributed by atoms with Gasteiger partial charge < -0.3 is 10.8 Å². The van der Waals surface area contributed by atoms with Gasteiger partial charge in [0, 0.05) is 12.6 Å². The van der Waals surface area contributed by atoms with Crippen LogP contribution < -0.4 is 5.73 Å². The van der Waals surface area contributed by atoms with Crippen LogP contribution in [0.25, 0.3) is 0 Å². The van der Waals surface area contributed by atoms with Gasteiger partial charge in [-0.15, -0.1) is 0 Å². The fraction of sp³-hybridized carbons (Fsp3) is 1.00. The number of hydrogen-bond acceptors (Lipinski definition) is 2. The van der Waals surface area contributed by atoms with E-state index in [0.29, 0.717) is 12.6 Å². The van der Waals surface area contributed by atoms with Crippen LogP contribution in [0.1, 0.15) is 104 Å². The third-order valence-electron chi connectivity index (χ3n) is 3.52. The molecule has 0 aliphatic heterocycles. The molecule has 124 valence electrons. The minimum absolute atomic E-state index is 0.372. The van der Waals surface area contributed by atoms with Crippen molar-refractivity contribution < 1.29 is 5.11 Å². The summed E-state index contributed by atoms with van der Waals surface area (Å²) in [4.78, 5) is 0. The van der Waals surface area contributed by atoms with Gasteiger partial charge in [0.15, 0.2) is 0 Å². The van der Waals surface area contributed by atoms with Crippen molar-refractivity contribution in [3.05, 3.63) is 0 Å². The first-order chi connectivity index (χ1) is 9.68. The SMILES string of the molecule is CCCCC(C)N.CCCCCCCCCCCCO. The Bertz CT molecular complexity index is 138. The lowest BCUT2D eigenvalue weighted by Gasteiger charge is -2.00. The molecule has 0 radical (unpaired) electrons. The molecule has 0 heterocycles. The van der Waals surface area contributed by atoms with Crippen molar-refractivity contribution >= 4 is 0 Å². The molecule has 0 aliphatic carbocycles. The smallest absolute Gasteiger partial charge is 0.0431 e. The second kappa shape index (κ2) is 21.2. The standard InChI is InChI=1S/C12H26O.C6H15N/c1-2-3-4-5-6-7-8-9-10-11-12-13;1-3-4-5-6(2)7/h13H,2-12H2,1H3;6H,3-5,7H2,1-2H3. The monoisotopic (exact) mass is 287 g/mol. The Hall–Kier alpha value is -0.0800. The zero-order valence-corrected chi connectivity index (χ0v) is 14.5. The molecule has 0 aromatic carbocycles. The lowest BCUT2D eigenvalue weighted by Crippen LogP contribution is -2.13. The average molecular weight is 288 g/mol. The maximum absolute atomic E-state index is 8.57. The van der Waals surface area contributed by atoms with Crippen LogP contribution in [-0.4, -0.2) is 17.8 Å². The van der Waals surface area contributed by atoms with Crippen molar-refractivity contribution in [1.29, 1.82) is 0 Å². The van der Waals surface area contributed by atoms with Gasteiger partial charge in [0.25, 0.3) is 0 Å². The normalized spacial score (nSPS) is 11.8. The first kappa shape index (κ1) is 22.2. The second-order valence-electron chi connectivity index (χ2n) is 6.03. The zero-order valence-electron chi connectivity index (χ0n) is 14.5. The van der Waals surface area contributed by atoms with E-state index in [1.165, 1.54) is 77.0 Å². The van der Waals surface area contributed by atoms with E-state index in [0.717, 1.165) is 6.42 Å². The highest BCUT2D eigenvalue weighted by molar-refractivity contribution is 4.50. The fourth-order valence-corrected chi connectivity index (χ4v) is 2.13. The van der Waals surface area contributed by atoms with Crippen LogP contribution in [0.2, 0.25) is 0 Å². The van der Waals surface area contributed by atoms with Crippen LogP contribution in [0.3, 0.4) is 0 Å². The Labute approximate surface area is 128 Å². The first-order valence-corrected chi connectivity index (χ1v) is 9.05. The predicted octanol–water partition coefficient (Wildman–Crippen LogP) is 5.42. The topological polar surface area (TPSA) is 46.2 Å². The van der Waals surface area contributed by atoms with Crippen LogP contribution in [0.4, 0.5) is 0 Å². The lowest BCUT2D eigenvalue weighted by molar-refractivity contribution is 0.282. The summed E-state index contributed by atoms with van der Waals surface area (Å²) in [7, 11) is 0. The van der Waals surface area contributed by atoms with E-state index in [2.05, 4.69) is 20.8 Å². The number of nitrogens with two attached hydrogens (primary N) is 1. The molecule has 3 N–H and O–H groups in total. The fourth-order valence-electron chi connectivity index (χ4n) is 2.13. The maximum Gasteiger partial charge on any atom is 0.0431 e. The van der Waals surface area contributed by atoms with Crippen molar-refractivity contribution in [2.24, 2.45) is 5.73 Å². The molecule has 0 bridgehead atoms. The van der Waals surface area contributed by atoms with Crippen LogP contribution in [0.5, 0.6) is 0 Å². The molecular formula is C18H41NO. The van der Waals surface area contributed by atoms with Crippen molar-refractivity contribution in [3.63, 3.8) is 0 Å². The predicted molar refractivity (Wildman–Crippen MR) is 92.1 cm³/mol. The van der Waals surface area contributed by atoms with Crippen LogP contribution in [0.15, 0.2) is 0 Å². The molecule has 0 amide bonds. The Morgan fingerprint density at radius 1 is 0.700 bits per heavy atom. The van der Waals surface area contributed by atoms with E-state index in [1.54, 1.807) is 0 Å². The summed E-state index contributed by atoms with van der Waals surface area (Å²) in [5.74, 6) is 0. The van der Waals surface area contributed by atoms with Crippen LogP contribution >= 0.6 is 0 Å². The quantitative estimate of drug-likeness (QED) is 0.444. The van der Waals surface area contributed by atoms with Gasteiger partial charge in [0.1, 0.15) is 0 Å². The summed E-state index contributed by atoms with van der Waals surface area (Å²) >= 11 is 0. The molecule has 0 fully saturated rings. The molecule has 0 aromatic heterocycles. The van der Waals surface area contributed by atoms with E-state index in [4.69, 9.17) is 10.8 Å². The van der Waals surface area contributed by atoms with Gasteiger partial charge >= 0.3 is 0 Å². The van der Waals surface area contributed by atoms with Gasteiger partial charge in [-0.25, -0.2) is 0 Å². The third-order valence-corrected chi connectivity index (χ3v) is 3.52. The van der Waals surface area contributed by atoms with Crippen molar-refractivity contribution in [2.75, 3.05) is 6.61 Å². The highest BCUT2D eigenvalue weighted by atomic mass is 16.2. The molecular weight excluding hydrogens is 246 g/mol. The van der Waals surface area contributed by atoms with Crippen molar-refractivity contribution in [3.8, 4) is 0 Å². The minimum Gasteiger partial charge on any atom is -0.396 e. The summed E-state index contributed by atoms with van der Waals surface area (Å²) in [6.07, 6.45) is 17.0. The van der Waals surface area contributed by atoms with Crippen LogP contribution in [-0.2, 0) is 0 Å². The molecule has 0 saturated heterocycles. The van der Waals surface area contributed by atoms with Crippen molar-refractivity contribution in [2.45, 2.75) is 110 Å². The Morgan fingerprint density at radius 3 is 1.40 bits per heavy atom. The van der Waals surface area contributed by atoms with E-state index < -0.39 is 0 Å². The highest BCUT2D eigenvalue weighted by Crippen LogP contribution is 2.09. The summed E-state index contributed by atoms with van der Waals surface area (Å²) in [6.45, 7) is 6.86. The number of aliphatic hydroxyl groups is 1. The molecule has 2 heteroatoms. The summed E-state index contributed by atoms with van der Waals surface area (Å²) in [5, 5.41) is 8.57. The second-order valence-corrected chi connectivity index (χ2v) is 6.03. The number of unbranched alkanes of at least 4 members (excludes halogenated alkanes) is 10. The van der Waals surface area contributed by atoms with Gasteiger partial charge in [-0.05, 0) is 19.8 Å². The van der Waals surface area contributed by atoms with Gasteiger partial charge in [0.05, 0.1) is 0 Å². The largest absolute Gasteiger partial charge is 0.396 e. The molecule has 0 spiro atoms. The first-order valence-electron chi connectivity index (χ1n) is 9.05. The average Bonchev–Trinajstić information content (AvgIpc) is 2.44. The minimum atomic E-state index is 0.372. The van der Waals surface area contributed by atoms with Gasteiger partial charge in [-0.1, -0.05) is 84.5 Å². The molecule has 20 heavy (non-hydrogen) atoms. The number of rotatable bonds is 13. The number of aliphatic hydroxyl groups excluding tert-OH is 1. The number of hydrogen-bond donors (Lipinski definition) is 2. The summed E-state index contributed by atoms with van der Waals surface area (Å²) in [5.41, 5.74) is 5.48. The van der Waals surface area contributed by atoms with Crippen molar-refractivity contribution in [1.82, 2.24) is 0 Å². The summed E-state index contributed by atoms with van der Waals surface area (Å²) in [6, 6.07) is 0.403. The zero-order chi connectivity index (χ0) is 15.5. The highest BCUT2D eigenvalue weighted by Gasteiger charge is 1.91. The van der Waals surface area contributed by atoms with E-state index >= 15 is 0 Å². The van der Waals surface area contributed by atoms with E-state index in [1.807, 2.05) is 0 Å². The van der Waals surface area contributed by atoms with Gasteiger partial charge in [0.2, 0.25) is 0 Å². The van der Waals surface area contributed by atoms with Gasteiger partial charge in [-0.3, -0.25) is 0 Å². The molecule has 0 saturated carbocycles. The molecule has 1 atom stereocenters. The molecule has 0 rings (SSSR count). The molecule has 0 aliphatic rings. The third kappa shape index (κ3) is 26.5. The lowest BCUT2D eigenvalue weighted by atomic mass is 10.1. The van der Waals surface area contributed by atoms with Gasteiger partial charge in [-0.2, -0.15) is 0 Å². The van der Waals surface area contributed by atoms with E-state index in [9.17, 15) is 0 Å². The maximum atomic E-state index is 8.57.